The third-order valence-corrected chi connectivity index (χ3v) is 3.33. The Morgan fingerprint density at radius 2 is 1.90 bits per heavy atom. The molecule has 20 heavy (non-hydrogen) atoms. The Balaban J connectivity index is 2.63. The van der Waals surface area contributed by atoms with Crippen molar-refractivity contribution in [3.63, 3.8) is 0 Å². The summed E-state index contributed by atoms with van der Waals surface area (Å²) >= 11 is 5.07. The highest BCUT2D eigenvalue weighted by atomic mass is 32.1. The summed E-state index contributed by atoms with van der Waals surface area (Å²) in [6, 6.07) is 7.31. The van der Waals surface area contributed by atoms with Gasteiger partial charge in [0.05, 0.1) is 5.69 Å². The summed E-state index contributed by atoms with van der Waals surface area (Å²) in [6.07, 6.45) is 1.12. The highest BCUT2D eigenvalue weighted by Crippen LogP contribution is 2.16. The lowest BCUT2D eigenvalue weighted by molar-refractivity contribution is 0.0694. The van der Waals surface area contributed by atoms with Crippen molar-refractivity contribution in [3.8, 4) is 5.69 Å². The van der Waals surface area contributed by atoms with Gasteiger partial charge >= 0.3 is 5.97 Å². The quantitative estimate of drug-likeness (QED) is 0.852. The van der Waals surface area contributed by atoms with Crippen molar-refractivity contribution in [2.75, 3.05) is 0 Å². The second-order valence-electron chi connectivity index (χ2n) is 4.70. The van der Waals surface area contributed by atoms with E-state index in [1.165, 1.54) is 4.57 Å². The summed E-state index contributed by atoms with van der Waals surface area (Å²) in [6.45, 7) is 4.14. The molecular formula is C14H14N2O3S. The minimum Gasteiger partial charge on any atom is -0.477 e. The molecule has 0 fully saturated rings. The first-order valence-electron chi connectivity index (χ1n) is 6.10. The van der Waals surface area contributed by atoms with E-state index in [0.29, 0.717) is 11.6 Å². The molecule has 0 unspecified atom stereocenters. The molecule has 104 valence electrons. The predicted molar refractivity (Wildman–Crippen MR) is 78.3 cm³/mol. The molecule has 2 aromatic rings. The number of carboxylic acid groups (broad SMARTS) is 1. The van der Waals surface area contributed by atoms with Gasteiger partial charge in [-0.25, -0.2) is 4.79 Å². The van der Waals surface area contributed by atoms with E-state index >= 15 is 0 Å². The Bertz CT molecular complexity index is 757. The summed E-state index contributed by atoms with van der Waals surface area (Å²) in [4.78, 5) is 25.8. The number of rotatable bonds is 3. The maximum atomic E-state index is 12.1. The summed E-state index contributed by atoms with van der Waals surface area (Å²) < 4.78 is 1.35. The van der Waals surface area contributed by atoms with Gasteiger partial charge < -0.3 is 10.1 Å². The van der Waals surface area contributed by atoms with Gasteiger partial charge in [-0.15, -0.1) is 0 Å². The number of hydrogen-bond acceptors (Lipinski definition) is 3. The number of carbonyl (C=O) groups is 1. The Hall–Kier alpha value is -2.21. The van der Waals surface area contributed by atoms with Gasteiger partial charge in [-0.2, -0.15) is 0 Å². The Morgan fingerprint density at radius 1 is 1.30 bits per heavy atom. The van der Waals surface area contributed by atoms with Crippen molar-refractivity contribution in [1.82, 2.24) is 9.55 Å². The molecule has 0 aliphatic rings. The Labute approximate surface area is 120 Å². The van der Waals surface area contributed by atoms with Crippen molar-refractivity contribution in [1.29, 1.82) is 0 Å². The van der Waals surface area contributed by atoms with Gasteiger partial charge in [0.25, 0.3) is 5.56 Å². The van der Waals surface area contributed by atoms with Crippen LogP contribution in [0.25, 0.3) is 5.69 Å². The first-order valence-corrected chi connectivity index (χ1v) is 6.51. The average Bonchev–Trinajstić information content (AvgIpc) is 2.38. The van der Waals surface area contributed by atoms with Gasteiger partial charge in [-0.3, -0.25) is 9.36 Å². The highest BCUT2D eigenvalue weighted by molar-refractivity contribution is 7.71. The normalized spacial score (nSPS) is 10.8. The molecule has 6 heteroatoms. The lowest BCUT2D eigenvalue weighted by Crippen LogP contribution is -2.26. The smallest absolute Gasteiger partial charge is 0.342 e. The zero-order valence-corrected chi connectivity index (χ0v) is 11.9. The molecule has 0 aliphatic heterocycles. The number of nitrogens with zero attached hydrogens (tertiary/aromatic N) is 1. The largest absolute Gasteiger partial charge is 0.477 e. The summed E-state index contributed by atoms with van der Waals surface area (Å²) in [5.74, 6) is -0.908. The number of nitrogens with one attached hydrogen (secondary N) is 1. The highest BCUT2D eigenvalue weighted by Gasteiger charge is 2.13. The van der Waals surface area contributed by atoms with Crippen molar-refractivity contribution >= 4 is 18.2 Å². The molecule has 1 aromatic carbocycles. The fourth-order valence-corrected chi connectivity index (χ4v) is 2.12. The number of carboxylic acids is 1. The third kappa shape index (κ3) is 2.55. The van der Waals surface area contributed by atoms with E-state index in [9.17, 15) is 9.59 Å². The van der Waals surface area contributed by atoms with Crippen LogP contribution in [0.5, 0.6) is 0 Å². The van der Waals surface area contributed by atoms with Crippen molar-refractivity contribution < 1.29 is 9.90 Å². The first-order chi connectivity index (χ1) is 9.41. The first kappa shape index (κ1) is 14.2. The van der Waals surface area contributed by atoms with Crippen LogP contribution < -0.4 is 5.56 Å². The molecule has 0 radical (unpaired) electrons. The molecular weight excluding hydrogens is 276 g/mol. The summed E-state index contributed by atoms with van der Waals surface area (Å²) in [5.41, 5.74) is 0.694. The van der Waals surface area contributed by atoms with Crippen LogP contribution in [0.3, 0.4) is 0 Å². The van der Waals surface area contributed by atoms with Crippen LogP contribution >= 0.6 is 12.2 Å². The van der Waals surface area contributed by atoms with Gasteiger partial charge in [0.2, 0.25) is 0 Å². The zero-order chi connectivity index (χ0) is 14.9. The standard InChI is InChI=1S/C14H14N2O3S/c1-8(2)9-3-5-10(6-4-9)16-12(17)11(13(18)19)7-15-14(16)20/h3-8H,1-2H3,(H,15,20)(H,18,19). The van der Waals surface area contributed by atoms with E-state index < -0.39 is 11.5 Å². The monoisotopic (exact) mass is 290 g/mol. The maximum absolute atomic E-state index is 12.1. The second-order valence-corrected chi connectivity index (χ2v) is 5.09. The molecule has 2 N–H and O–H groups in total. The van der Waals surface area contributed by atoms with E-state index in [4.69, 9.17) is 17.3 Å². The van der Waals surface area contributed by atoms with Crippen molar-refractivity contribution in [2.45, 2.75) is 19.8 Å². The van der Waals surface area contributed by atoms with Crippen molar-refractivity contribution in [3.05, 3.63) is 56.7 Å². The van der Waals surface area contributed by atoms with Crippen molar-refractivity contribution in [2.24, 2.45) is 0 Å². The number of hydrogen-bond donors (Lipinski definition) is 2. The minimum absolute atomic E-state index is 0.164. The number of H-pyrrole nitrogens is 1. The zero-order valence-electron chi connectivity index (χ0n) is 11.1. The lowest BCUT2D eigenvalue weighted by Gasteiger charge is -2.09. The van der Waals surface area contributed by atoms with Crippen LogP contribution in [0.4, 0.5) is 0 Å². The van der Waals surface area contributed by atoms with Crippen LogP contribution in [0.2, 0.25) is 0 Å². The topological polar surface area (TPSA) is 75.1 Å². The fraction of sp³-hybridized carbons (Fsp3) is 0.214. The predicted octanol–water partition coefficient (Wildman–Crippen LogP) is 2.72. The fourth-order valence-electron chi connectivity index (χ4n) is 1.87. The van der Waals surface area contributed by atoms with Crippen LogP contribution in [0, 0.1) is 4.77 Å². The maximum Gasteiger partial charge on any atom is 0.342 e. The van der Waals surface area contributed by atoms with Gasteiger partial charge in [-0.1, -0.05) is 26.0 Å². The molecule has 0 saturated carbocycles. The van der Waals surface area contributed by atoms with E-state index in [1.54, 1.807) is 12.1 Å². The van der Waals surface area contributed by atoms with E-state index in [-0.39, 0.29) is 10.3 Å². The lowest BCUT2D eigenvalue weighted by atomic mass is 10.0. The molecule has 0 amide bonds. The van der Waals surface area contributed by atoms with E-state index in [2.05, 4.69) is 18.8 Å². The van der Waals surface area contributed by atoms with Gasteiger partial charge in [-0.05, 0) is 35.8 Å². The van der Waals surface area contributed by atoms with Gasteiger partial charge in [0.1, 0.15) is 5.56 Å². The molecule has 0 bridgehead atoms. The molecule has 0 aliphatic carbocycles. The Kier molecular flexibility index (Phi) is 3.85. The molecule has 5 nitrogen and oxygen atoms in total. The van der Waals surface area contributed by atoms with E-state index in [0.717, 1.165) is 11.8 Å². The molecule has 0 atom stereocenters. The number of aromatic amines is 1. The van der Waals surface area contributed by atoms with Crippen LogP contribution in [0.1, 0.15) is 35.7 Å². The second kappa shape index (κ2) is 5.42. The number of benzene rings is 1. The molecule has 0 saturated heterocycles. The average molecular weight is 290 g/mol. The van der Waals surface area contributed by atoms with Crippen LogP contribution in [0.15, 0.2) is 35.3 Å². The summed E-state index contributed by atoms with van der Waals surface area (Å²) in [7, 11) is 0. The Morgan fingerprint density at radius 3 is 2.40 bits per heavy atom. The number of aromatic nitrogens is 2. The van der Waals surface area contributed by atoms with Crippen LogP contribution in [-0.4, -0.2) is 20.6 Å². The molecule has 2 rings (SSSR count). The van der Waals surface area contributed by atoms with Gasteiger partial charge in [0, 0.05) is 6.20 Å². The molecule has 1 aromatic heterocycles. The van der Waals surface area contributed by atoms with E-state index in [1.807, 2.05) is 12.1 Å². The number of aromatic carboxylic acids is 1. The summed E-state index contributed by atoms with van der Waals surface area (Å²) in [5, 5.41) is 8.98. The molecule has 1 heterocycles. The minimum atomic E-state index is -1.28. The van der Waals surface area contributed by atoms with Gasteiger partial charge in [0.15, 0.2) is 4.77 Å². The SMILES string of the molecule is CC(C)c1ccc(-n2c(=S)[nH]cc(C(=O)O)c2=O)cc1. The molecule has 0 spiro atoms. The third-order valence-electron chi connectivity index (χ3n) is 3.02. The van der Waals surface area contributed by atoms with Crippen LogP contribution in [-0.2, 0) is 0 Å².